The third-order valence-corrected chi connectivity index (χ3v) is 5.52. The van der Waals surface area contributed by atoms with Gasteiger partial charge in [0.15, 0.2) is 0 Å². The monoisotopic (exact) mass is 340 g/mol. The Kier molecular flexibility index (Phi) is 7.99. The first-order chi connectivity index (χ1) is 11.4. The Hall–Kier alpha value is -0.160. The molecule has 0 saturated carbocycles. The average Bonchev–Trinajstić information content (AvgIpc) is 3.17. The van der Waals surface area contributed by atoms with Gasteiger partial charge in [0, 0.05) is 39.9 Å². The van der Waals surface area contributed by atoms with Crippen molar-refractivity contribution in [1.82, 2.24) is 9.80 Å². The molecule has 4 heteroatoms. The van der Waals surface area contributed by atoms with Gasteiger partial charge in [0.05, 0.1) is 12.2 Å². The first-order valence-electron chi connectivity index (χ1n) is 9.95. The maximum Gasteiger partial charge on any atom is 0.0714 e. The molecular formula is C20H40N2O2. The molecule has 2 rings (SSSR count). The minimum atomic E-state index is 0.435. The predicted octanol–water partition coefficient (Wildman–Crippen LogP) is 3.26. The maximum atomic E-state index is 6.20. The van der Waals surface area contributed by atoms with Gasteiger partial charge in [0.1, 0.15) is 0 Å². The minimum Gasteiger partial charge on any atom is -0.380 e. The fourth-order valence-corrected chi connectivity index (χ4v) is 3.61. The first kappa shape index (κ1) is 20.2. The van der Waals surface area contributed by atoms with Crippen molar-refractivity contribution in [2.45, 2.75) is 65.6 Å². The topological polar surface area (TPSA) is 24.9 Å². The maximum absolute atomic E-state index is 6.20. The second-order valence-corrected chi connectivity index (χ2v) is 9.20. The van der Waals surface area contributed by atoms with E-state index in [1.54, 1.807) is 0 Å². The van der Waals surface area contributed by atoms with E-state index in [1.807, 2.05) is 7.11 Å². The molecule has 0 spiro atoms. The lowest BCUT2D eigenvalue weighted by molar-refractivity contribution is 0.0338. The Labute approximate surface area is 149 Å². The van der Waals surface area contributed by atoms with Gasteiger partial charge < -0.3 is 19.3 Å². The van der Waals surface area contributed by atoms with Crippen LogP contribution in [0.2, 0.25) is 0 Å². The van der Waals surface area contributed by atoms with Gasteiger partial charge in [-0.3, -0.25) is 0 Å². The zero-order chi connectivity index (χ0) is 17.6. The first-order valence-corrected chi connectivity index (χ1v) is 9.95. The molecule has 0 aromatic heterocycles. The standard InChI is InChI=1S/C20H40N2O2/c1-17(6-10-21-11-7-18(14-21)23-5)16-24-19-8-12-22(15-19)13-9-20(2,3)4/h17-19H,6-16H2,1-5H3. The molecule has 24 heavy (non-hydrogen) atoms. The van der Waals surface area contributed by atoms with Crippen LogP contribution in [0.3, 0.4) is 0 Å². The Bertz CT molecular complexity index is 356. The molecule has 0 bridgehead atoms. The van der Waals surface area contributed by atoms with E-state index in [-0.39, 0.29) is 0 Å². The molecule has 2 aliphatic heterocycles. The zero-order valence-corrected chi connectivity index (χ0v) is 16.7. The van der Waals surface area contributed by atoms with Gasteiger partial charge in [-0.15, -0.1) is 0 Å². The van der Waals surface area contributed by atoms with Crippen molar-refractivity contribution in [2.75, 3.05) is 53.0 Å². The molecule has 0 radical (unpaired) electrons. The highest BCUT2D eigenvalue weighted by Crippen LogP contribution is 2.22. The fourth-order valence-electron chi connectivity index (χ4n) is 3.61. The third kappa shape index (κ3) is 7.38. The summed E-state index contributed by atoms with van der Waals surface area (Å²) in [5.74, 6) is 0.648. The highest BCUT2D eigenvalue weighted by atomic mass is 16.5. The van der Waals surface area contributed by atoms with E-state index in [0.717, 1.165) is 19.7 Å². The largest absolute Gasteiger partial charge is 0.380 e. The van der Waals surface area contributed by atoms with Crippen LogP contribution in [0.1, 0.15) is 53.4 Å². The van der Waals surface area contributed by atoms with E-state index in [1.165, 1.54) is 51.9 Å². The van der Waals surface area contributed by atoms with Gasteiger partial charge >= 0.3 is 0 Å². The molecule has 142 valence electrons. The lowest BCUT2D eigenvalue weighted by Crippen LogP contribution is -2.28. The smallest absolute Gasteiger partial charge is 0.0714 e. The van der Waals surface area contributed by atoms with Crippen LogP contribution in [0.15, 0.2) is 0 Å². The fraction of sp³-hybridized carbons (Fsp3) is 1.00. The summed E-state index contributed by atoms with van der Waals surface area (Å²) in [5, 5.41) is 0. The van der Waals surface area contributed by atoms with E-state index in [2.05, 4.69) is 37.5 Å². The number of hydrogen-bond donors (Lipinski definition) is 0. The summed E-state index contributed by atoms with van der Waals surface area (Å²) in [6, 6.07) is 0. The molecule has 4 nitrogen and oxygen atoms in total. The summed E-state index contributed by atoms with van der Waals surface area (Å²) in [7, 11) is 1.83. The van der Waals surface area contributed by atoms with E-state index in [0.29, 0.717) is 23.5 Å². The van der Waals surface area contributed by atoms with E-state index in [9.17, 15) is 0 Å². The van der Waals surface area contributed by atoms with Crippen molar-refractivity contribution >= 4 is 0 Å². The summed E-state index contributed by atoms with van der Waals surface area (Å²) >= 11 is 0. The molecular weight excluding hydrogens is 300 g/mol. The summed E-state index contributed by atoms with van der Waals surface area (Å²) in [6.07, 6.45) is 5.81. The van der Waals surface area contributed by atoms with Crippen LogP contribution in [0, 0.1) is 11.3 Å². The average molecular weight is 341 g/mol. The summed E-state index contributed by atoms with van der Waals surface area (Å²) in [6.45, 7) is 17.3. The summed E-state index contributed by atoms with van der Waals surface area (Å²) in [5.41, 5.74) is 0.435. The van der Waals surface area contributed by atoms with Gasteiger partial charge in [-0.1, -0.05) is 27.7 Å². The molecule has 2 heterocycles. The third-order valence-electron chi connectivity index (χ3n) is 5.52. The Morgan fingerprint density at radius 1 is 1.00 bits per heavy atom. The zero-order valence-electron chi connectivity index (χ0n) is 16.7. The van der Waals surface area contributed by atoms with Crippen LogP contribution >= 0.6 is 0 Å². The van der Waals surface area contributed by atoms with Crippen LogP contribution in [0.4, 0.5) is 0 Å². The molecule has 0 aromatic rings. The Balaban J connectivity index is 1.53. The van der Waals surface area contributed by atoms with Crippen molar-refractivity contribution < 1.29 is 9.47 Å². The van der Waals surface area contributed by atoms with Crippen molar-refractivity contribution in [2.24, 2.45) is 11.3 Å². The summed E-state index contributed by atoms with van der Waals surface area (Å²) in [4.78, 5) is 5.12. The lowest BCUT2D eigenvalue weighted by atomic mass is 9.92. The van der Waals surface area contributed by atoms with E-state index >= 15 is 0 Å². The van der Waals surface area contributed by atoms with Crippen LogP contribution in [-0.2, 0) is 9.47 Å². The van der Waals surface area contributed by atoms with Gasteiger partial charge in [-0.25, -0.2) is 0 Å². The van der Waals surface area contributed by atoms with Crippen molar-refractivity contribution in [3.05, 3.63) is 0 Å². The minimum absolute atomic E-state index is 0.435. The molecule has 2 aliphatic rings. The highest BCUT2D eigenvalue weighted by molar-refractivity contribution is 4.78. The van der Waals surface area contributed by atoms with E-state index in [4.69, 9.17) is 9.47 Å². The van der Waals surface area contributed by atoms with Gasteiger partial charge in [-0.2, -0.15) is 0 Å². The van der Waals surface area contributed by atoms with Crippen LogP contribution < -0.4 is 0 Å². The molecule has 0 N–H and O–H groups in total. The molecule has 0 amide bonds. The van der Waals surface area contributed by atoms with Crippen LogP contribution in [-0.4, -0.2) is 75.0 Å². The number of hydrogen-bond acceptors (Lipinski definition) is 4. The van der Waals surface area contributed by atoms with Crippen molar-refractivity contribution in [3.8, 4) is 0 Å². The summed E-state index contributed by atoms with van der Waals surface area (Å²) < 4.78 is 11.6. The number of likely N-dealkylation sites (tertiary alicyclic amines) is 2. The second kappa shape index (κ2) is 9.51. The number of ether oxygens (including phenoxy) is 2. The molecule has 3 unspecified atom stereocenters. The van der Waals surface area contributed by atoms with Crippen LogP contribution in [0.25, 0.3) is 0 Å². The quantitative estimate of drug-likeness (QED) is 0.643. The molecule has 0 aromatic carbocycles. The molecule has 2 fully saturated rings. The molecule has 0 aliphatic carbocycles. The predicted molar refractivity (Wildman–Crippen MR) is 101 cm³/mol. The van der Waals surface area contributed by atoms with Gasteiger partial charge in [0.25, 0.3) is 0 Å². The van der Waals surface area contributed by atoms with Gasteiger partial charge in [-0.05, 0) is 50.1 Å². The lowest BCUT2D eigenvalue weighted by Gasteiger charge is -2.23. The molecule has 3 atom stereocenters. The Morgan fingerprint density at radius 2 is 1.62 bits per heavy atom. The highest BCUT2D eigenvalue weighted by Gasteiger charge is 2.25. The normalized spacial score (nSPS) is 27.9. The van der Waals surface area contributed by atoms with Crippen molar-refractivity contribution in [1.29, 1.82) is 0 Å². The van der Waals surface area contributed by atoms with E-state index < -0.39 is 0 Å². The number of nitrogens with zero attached hydrogens (tertiary/aromatic N) is 2. The number of rotatable bonds is 9. The second-order valence-electron chi connectivity index (χ2n) is 9.20. The number of methoxy groups -OCH3 is 1. The Morgan fingerprint density at radius 3 is 2.25 bits per heavy atom. The van der Waals surface area contributed by atoms with Crippen LogP contribution in [0.5, 0.6) is 0 Å². The molecule has 2 saturated heterocycles. The van der Waals surface area contributed by atoms with Crippen molar-refractivity contribution in [3.63, 3.8) is 0 Å². The SMILES string of the molecule is COC1CCN(CCC(C)COC2CCN(CCC(C)(C)C)C2)C1. The van der Waals surface area contributed by atoms with Gasteiger partial charge in [0.2, 0.25) is 0 Å².